The first kappa shape index (κ1) is 15.0. The van der Waals surface area contributed by atoms with Crippen LogP contribution in [0.25, 0.3) is 0 Å². The van der Waals surface area contributed by atoms with Crippen molar-refractivity contribution in [2.75, 3.05) is 13.2 Å². The second-order valence-corrected chi connectivity index (χ2v) is 4.81. The molecule has 0 fully saturated rings. The number of alkyl halides is 4. The third kappa shape index (κ3) is 3.36. The fourth-order valence-corrected chi connectivity index (χ4v) is 2.17. The minimum Gasteiger partial charge on any atom is -0.367 e. The Labute approximate surface area is 113 Å². The highest BCUT2D eigenvalue weighted by Gasteiger charge is 2.41. The molecule has 0 bridgehead atoms. The molecule has 20 heavy (non-hydrogen) atoms. The summed E-state index contributed by atoms with van der Waals surface area (Å²) >= 11 is 0. The van der Waals surface area contributed by atoms with Gasteiger partial charge in [-0.25, -0.2) is 8.78 Å². The molecule has 1 aliphatic carbocycles. The average molecular weight is 290 g/mol. The first-order chi connectivity index (χ1) is 9.40. The number of rotatable bonds is 6. The van der Waals surface area contributed by atoms with Crippen molar-refractivity contribution in [1.29, 1.82) is 0 Å². The Hall–Kier alpha value is -1.43. The lowest BCUT2D eigenvalue weighted by Crippen LogP contribution is -2.33. The first-order valence-electron chi connectivity index (χ1n) is 6.29. The number of halogens is 4. The molecule has 2 nitrogen and oxygen atoms in total. The van der Waals surface area contributed by atoms with Gasteiger partial charge in [0.1, 0.15) is 13.2 Å². The van der Waals surface area contributed by atoms with Gasteiger partial charge in [-0.3, -0.25) is 4.79 Å². The number of benzene rings is 1. The van der Waals surface area contributed by atoms with Gasteiger partial charge in [0.25, 0.3) is 0 Å². The van der Waals surface area contributed by atoms with E-state index >= 15 is 0 Å². The molecule has 110 valence electrons. The minimum absolute atomic E-state index is 0.367. The Bertz CT molecular complexity index is 500. The third-order valence-corrected chi connectivity index (χ3v) is 3.27. The van der Waals surface area contributed by atoms with E-state index in [4.69, 9.17) is 0 Å². The van der Waals surface area contributed by atoms with Crippen molar-refractivity contribution in [2.24, 2.45) is 0 Å². The summed E-state index contributed by atoms with van der Waals surface area (Å²) < 4.78 is 53.4. The molecule has 0 aliphatic heterocycles. The van der Waals surface area contributed by atoms with Gasteiger partial charge >= 0.3 is 12.3 Å². The second kappa shape index (κ2) is 5.91. The number of carbonyl (C=O) groups excluding carboxylic acids is 1. The highest BCUT2D eigenvalue weighted by molar-refractivity contribution is 5.97. The highest BCUT2D eigenvalue weighted by Crippen LogP contribution is 2.24. The number of aryl methyl sites for hydroxylation is 2. The monoisotopic (exact) mass is 290 g/mol. The van der Waals surface area contributed by atoms with Gasteiger partial charge in [-0.2, -0.15) is 8.78 Å². The lowest BCUT2D eigenvalue weighted by atomic mass is 10.0. The summed E-state index contributed by atoms with van der Waals surface area (Å²) in [6, 6.07) is 5.17. The molecular formula is C14H14F4O2. The predicted octanol–water partition coefficient (Wildman–Crippen LogP) is 3.28. The molecule has 0 unspecified atom stereocenters. The Balaban J connectivity index is 1.89. The topological polar surface area (TPSA) is 26.3 Å². The lowest BCUT2D eigenvalue weighted by Gasteiger charge is -2.14. The summed E-state index contributed by atoms with van der Waals surface area (Å²) in [5.74, 6) is -4.71. The SMILES string of the molecule is O=C(COCC(F)(F)C(F)F)c1ccc2c(c1)CCC2. The molecule has 0 saturated carbocycles. The Morgan fingerprint density at radius 2 is 1.95 bits per heavy atom. The van der Waals surface area contributed by atoms with Crippen LogP contribution < -0.4 is 0 Å². The second-order valence-electron chi connectivity index (χ2n) is 4.81. The fraction of sp³-hybridized carbons (Fsp3) is 0.500. The molecule has 1 aromatic rings. The highest BCUT2D eigenvalue weighted by atomic mass is 19.3. The molecule has 0 amide bonds. The van der Waals surface area contributed by atoms with Gasteiger partial charge in [-0.1, -0.05) is 12.1 Å². The van der Waals surface area contributed by atoms with Gasteiger partial charge in [0, 0.05) is 5.56 Å². The molecule has 0 saturated heterocycles. The van der Waals surface area contributed by atoms with E-state index in [2.05, 4.69) is 4.74 Å². The fourth-order valence-electron chi connectivity index (χ4n) is 2.17. The van der Waals surface area contributed by atoms with E-state index in [9.17, 15) is 22.4 Å². The van der Waals surface area contributed by atoms with Crippen molar-refractivity contribution >= 4 is 5.78 Å². The van der Waals surface area contributed by atoms with Crippen LogP contribution in [0.15, 0.2) is 18.2 Å². The van der Waals surface area contributed by atoms with E-state index in [1.807, 2.05) is 6.07 Å². The Kier molecular flexibility index (Phi) is 4.42. The van der Waals surface area contributed by atoms with Crippen molar-refractivity contribution in [3.63, 3.8) is 0 Å². The molecule has 0 aromatic heterocycles. The summed E-state index contributed by atoms with van der Waals surface area (Å²) in [6.45, 7) is -2.08. The van der Waals surface area contributed by atoms with E-state index in [-0.39, 0.29) is 0 Å². The largest absolute Gasteiger partial charge is 0.367 e. The zero-order chi connectivity index (χ0) is 14.8. The summed E-state index contributed by atoms with van der Waals surface area (Å²) in [5.41, 5.74) is 2.63. The number of hydrogen-bond acceptors (Lipinski definition) is 2. The van der Waals surface area contributed by atoms with E-state index < -0.39 is 31.3 Å². The van der Waals surface area contributed by atoms with Crippen LogP contribution >= 0.6 is 0 Å². The quantitative estimate of drug-likeness (QED) is 0.593. The van der Waals surface area contributed by atoms with Crippen molar-refractivity contribution in [3.05, 3.63) is 34.9 Å². The standard InChI is InChI=1S/C14H14F4O2/c15-13(16)14(17,18)8-20-7-12(19)11-5-4-9-2-1-3-10(9)6-11/h4-6,13H,1-3,7-8H2. The molecule has 0 radical (unpaired) electrons. The van der Waals surface area contributed by atoms with Crippen LogP contribution in [0.5, 0.6) is 0 Å². The van der Waals surface area contributed by atoms with Crippen LogP contribution in [-0.2, 0) is 17.6 Å². The van der Waals surface area contributed by atoms with Crippen LogP contribution in [0.4, 0.5) is 17.6 Å². The van der Waals surface area contributed by atoms with Crippen molar-refractivity contribution in [2.45, 2.75) is 31.6 Å². The zero-order valence-corrected chi connectivity index (χ0v) is 10.7. The molecule has 0 N–H and O–H groups in total. The smallest absolute Gasteiger partial charge is 0.330 e. The van der Waals surface area contributed by atoms with E-state index in [0.717, 1.165) is 24.8 Å². The summed E-state index contributed by atoms with van der Waals surface area (Å²) in [5, 5.41) is 0. The number of fused-ring (bicyclic) bond motifs is 1. The molecule has 0 heterocycles. The van der Waals surface area contributed by atoms with Crippen molar-refractivity contribution < 1.29 is 27.1 Å². The maximum absolute atomic E-state index is 12.6. The molecular weight excluding hydrogens is 276 g/mol. The molecule has 1 aliphatic rings. The minimum atomic E-state index is -4.22. The Morgan fingerprint density at radius 3 is 2.65 bits per heavy atom. The average Bonchev–Trinajstić information content (AvgIpc) is 2.85. The number of Topliss-reactive ketones (excluding diaryl/α,β-unsaturated/α-hetero) is 1. The molecule has 0 spiro atoms. The van der Waals surface area contributed by atoms with Gasteiger partial charge < -0.3 is 4.74 Å². The van der Waals surface area contributed by atoms with E-state index in [1.165, 1.54) is 5.56 Å². The van der Waals surface area contributed by atoms with Gasteiger partial charge in [-0.05, 0) is 36.5 Å². The zero-order valence-electron chi connectivity index (χ0n) is 10.7. The van der Waals surface area contributed by atoms with Crippen LogP contribution in [-0.4, -0.2) is 31.3 Å². The van der Waals surface area contributed by atoms with Crippen LogP contribution in [0.3, 0.4) is 0 Å². The summed E-state index contributed by atoms with van der Waals surface area (Å²) in [4.78, 5) is 11.7. The molecule has 6 heteroatoms. The number of ketones is 1. The lowest BCUT2D eigenvalue weighted by molar-refractivity contribution is -0.163. The van der Waals surface area contributed by atoms with Crippen LogP contribution in [0, 0.1) is 0 Å². The third-order valence-electron chi connectivity index (χ3n) is 3.27. The maximum atomic E-state index is 12.6. The van der Waals surface area contributed by atoms with E-state index in [0.29, 0.717) is 5.56 Å². The summed E-state index contributed by atoms with van der Waals surface area (Å²) in [7, 11) is 0. The van der Waals surface area contributed by atoms with Crippen LogP contribution in [0.1, 0.15) is 27.9 Å². The van der Waals surface area contributed by atoms with Gasteiger partial charge in [0.15, 0.2) is 5.78 Å². The first-order valence-corrected chi connectivity index (χ1v) is 6.29. The number of carbonyl (C=O) groups is 1. The predicted molar refractivity (Wildman–Crippen MR) is 64.6 cm³/mol. The summed E-state index contributed by atoms with van der Waals surface area (Å²) in [6.07, 6.45) is -0.899. The molecule has 0 atom stereocenters. The normalized spacial score (nSPS) is 14.7. The Morgan fingerprint density at radius 1 is 1.25 bits per heavy atom. The van der Waals surface area contributed by atoms with Crippen molar-refractivity contribution in [1.82, 2.24) is 0 Å². The molecule has 2 rings (SSSR count). The molecule has 1 aromatic carbocycles. The number of hydrogen-bond donors (Lipinski definition) is 0. The van der Waals surface area contributed by atoms with E-state index in [1.54, 1.807) is 12.1 Å². The number of ether oxygens (including phenoxy) is 1. The van der Waals surface area contributed by atoms with Crippen molar-refractivity contribution in [3.8, 4) is 0 Å². The maximum Gasteiger partial charge on any atom is 0.330 e. The van der Waals surface area contributed by atoms with Gasteiger partial charge in [-0.15, -0.1) is 0 Å². The van der Waals surface area contributed by atoms with Gasteiger partial charge in [0.05, 0.1) is 0 Å². The van der Waals surface area contributed by atoms with Crippen LogP contribution in [0.2, 0.25) is 0 Å². The van der Waals surface area contributed by atoms with Gasteiger partial charge in [0.2, 0.25) is 0 Å².